The summed E-state index contributed by atoms with van der Waals surface area (Å²) in [6.45, 7) is 7.10. The van der Waals surface area contributed by atoms with Crippen molar-refractivity contribution in [3.8, 4) is 0 Å². The topological polar surface area (TPSA) is 41.1 Å². The number of anilines is 3. The predicted molar refractivity (Wildman–Crippen MR) is 109 cm³/mol. The molecule has 0 unspecified atom stereocenters. The summed E-state index contributed by atoms with van der Waals surface area (Å²) >= 11 is 6.25. The lowest BCUT2D eigenvalue weighted by atomic mass is 10.2. The van der Waals surface area contributed by atoms with Crippen LogP contribution in [0.2, 0.25) is 5.02 Å². The molecule has 2 aromatic carbocycles. The van der Waals surface area contributed by atoms with Crippen LogP contribution < -0.4 is 10.2 Å². The zero-order valence-corrected chi connectivity index (χ0v) is 16.0. The number of para-hydroxylation sites is 1. The van der Waals surface area contributed by atoms with Gasteiger partial charge in [0.2, 0.25) is 5.95 Å². The van der Waals surface area contributed by atoms with Crippen molar-refractivity contribution in [2.45, 2.75) is 33.4 Å². The van der Waals surface area contributed by atoms with Crippen molar-refractivity contribution in [3.05, 3.63) is 76.9 Å². The molecular formula is C21H23ClN4. The number of hydrogen-bond acceptors (Lipinski definition) is 4. The highest BCUT2D eigenvalue weighted by Crippen LogP contribution is 2.25. The number of hydrogen-bond donors (Lipinski definition) is 1. The maximum Gasteiger partial charge on any atom is 0.229 e. The van der Waals surface area contributed by atoms with Crippen LogP contribution >= 0.6 is 11.6 Å². The Kier molecular flexibility index (Phi) is 5.74. The van der Waals surface area contributed by atoms with Gasteiger partial charge in [-0.2, -0.15) is 4.98 Å². The fraction of sp³-hybridized carbons (Fsp3) is 0.238. The van der Waals surface area contributed by atoms with Crippen LogP contribution in [0.4, 0.5) is 17.5 Å². The van der Waals surface area contributed by atoms with Gasteiger partial charge < -0.3 is 10.2 Å². The van der Waals surface area contributed by atoms with Crippen LogP contribution in [0.5, 0.6) is 0 Å². The summed E-state index contributed by atoms with van der Waals surface area (Å²) in [6, 6.07) is 20.3. The second-order valence-corrected chi connectivity index (χ2v) is 6.91. The molecule has 0 atom stereocenters. The minimum absolute atomic E-state index is 0.303. The van der Waals surface area contributed by atoms with Crippen LogP contribution in [0.3, 0.4) is 0 Å². The van der Waals surface area contributed by atoms with Gasteiger partial charge in [0.15, 0.2) is 0 Å². The molecule has 0 bridgehead atoms. The predicted octanol–water partition coefficient (Wildman–Crippen LogP) is 5.60. The second kappa shape index (κ2) is 8.19. The van der Waals surface area contributed by atoms with Crippen LogP contribution in [0.1, 0.15) is 25.1 Å². The molecule has 3 rings (SSSR count). The van der Waals surface area contributed by atoms with Crippen molar-refractivity contribution in [2.75, 3.05) is 10.2 Å². The first-order chi connectivity index (χ1) is 12.5. The molecule has 26 heavy (non-hydrogen) atoms. The molecule has 0 fully saturated rings. The number of aryl methyl sites for hydroxylation is 1. The summed E-state index contributed by atoms with van der Waals surface area (Å²) in [7, 11) is 0. The Morgan fingerprint density at radius 2 is 1.69 bits per heavy atom. The highest BCUT2D eigenvalue weighted by atomic mass is 35.5. The van der Waals surface area contributed by atoms with Crippen LogP contribution in [0, 0.1) is 6.92 Å². The third kappa shape index (κ3) is 4.52. The second-order valence-electron chi connectivity index (χ2n) is 6.50. The summed E-state index contributed by atoms with van der Waals surface area (Å²) in [5, 5.41) is 3.87. The Hall–Kier alpha value is -2.59. The van der Waals surface area contributed by atoms with Gasteiger partial charge in [0.05, 0.1) is 10.7 Å². The first kappa shape index (κ1) is 18.2. The van der Waals surface area contributed by atoms with E-state index in [2.05, 4.69) is 53.3 Å². The third-order valence-corrected chi connectivity index (χ3v) is 4.40. The Balaban J connectivity index is 1.90. The lowest BCUT2D eigenvalue weighted by Crippen LogP contribution is -2.31. The van der Waals surface area contributed by atoms with Gasteiger partial charge in [-0.25, -0.2) is 4.98 Å². The molecule has 1 aromatic heterocycles. The maximum atomic E-state index is 6.25. The van der Waals surface area contributed by atoms with Crippen molar-refractivity contribution in [1.29, 1.82) is 0 Å². The molecule has 0 amide bonds. The average molecular weight is 367 g/mol. The van der Waals surface area contributed by atoms with Crippen molar-refractivity contribution >= 4 is 29.1 Å². The summed E-state index contributed by atoms with van der Waals surface area (Å²) < 4.78 is 0. The number of rotatable bonds is 6. The molecule has 0 aliphatic rings. The van der Waals surface area contributed by atoms with Crippen molar-refractivity contribution in [1.82, 2.24) is 9.97 Å². The molecule has 0 aliphatic heterocycles. The van der Waals surface area contributed by atoms with E-state index in [4.69, 9.17) is 16.6 Å². The summed E-state index contributed by atoms with van der Waals surface area (Å²) in [5.74, 6) is 1.44. The van der Waals surface area contributed by atoms with Crippen LogP contribution in [0.15, 0.2) is 60.7 Å². The molecular weight excluding hydrogens is 344 g/mol. The smallest absolute Gasteiger partial charge is 0.229 e. The minimum Gasteiger partial charge on any atom is -0.350 e. The summed E-state index contributed by atoms with van der Waals surface area (Å²) in [4.78, 5) is 11.5. The van der Waals surface area contributed by atoms with Gasteiger partial charge in [-0.05, 0) is 38.5 Å². The Labute approximate surface area is 159 Å². The lowest BCUT2D eigenvalue weighted by Gasteiger charge is -2.28. The van der Waals surface area contributed by atoms with Crippen LogP contribution in [-0.4, -0.2) is 16.0 Å². The number of nitrogens with one attached hydrogen (secondary N) is 1. The van der Waals surface area contributed by atoms with E-state index in [1.165, 1.54) is 5.56 Å². The quantitative estimate of drug-likeness (QED) is 0.616. The van der Waals surface area contributed by atoms with Crippen LogP contribution in [-0.2, 0) is 6.54 Å². The minimum atomic E-state index is 0.303. The molecule has 134 valence electrons. The largest absolute Gasteiger partial charge is 0.350 e. The molecule has 3 aromatic rings. The van der Waals surface area contributed by atoms with Gasteiger partial charge in [-0.15, -0.1) is 0 Å². The SMILES string of the molecule is Cc1cc(N(Cc2ccccc2)C(C)C)nc(Nc2ccccc2Cl)n1. The van der Waals surface area contributed by atoms with E-state index in [-0.39, 0.29) is 0 Å². The van der Waals surface area contributed by atoms with E-state index < -0.39 is 0 Å². The zero-order chi connectivity index (χ0) is 18.5. The van der Waals surface area contributed by atoms with Gasteiger partial charge in [0.25, 0.3) is 0 Å². The maximum absolute atomic E-state index is 6.25. The molecule has 0 radical (unpaired) electrons. The fourth-order valence-corrected chi connectivity index (χ4v) is 2.93. The van der Waals surface area contributed by atoms with Gasteiger partial charge in [0, 0.05) is 24.3 Å². The molecule has 0 aliphatic carbocycles. The number of benzene rings is 2. The molecule has 1 heterocycles. The molecule has 5 heteroatoms. The first-order valence-corrected chi connectivity index (χ1v) is 9.08. The molecule has 1 N–H and O–H groups in total. The van der Waals surface area contributed by atoms with Crippen molar-refractivity contribution in [2.24, 2.45) is 0 Å². The Morgan fingerprint density at radius 3 is 2.38 bits per heavy atom. The molecule has 0 saturated heterocycles. The first-order valence-electron chi connectivity index (χ1n) is 8.71. The van der Waals surface area contributed by atoms with E-state index in [0.717, 1.165) is 23.7 Å². The highest BCUT2D eigenvalue weighted by Gasteiger charge is 2.15. The van der Waals surface area contributed by atoms with Crippen LogP contribution in [0.25, 0.3) is 0 Å². The van der Waals surface area contributed by atoms with E-state index in [9.17, 15) is 0 Å². The number of halogens is 1. The fourth-order valence-electron chi connectivity index (χ4n) is 2.75. The average Bonchev–Trinajstić information content (AvgIpc) is 2.62. The lowest BCUT2D eigenvalue weighted by molar-refractivity contribution is 0.671. The van der Waals surface area contributed by atoms with E-state index >= 15 is 0 Å². The van der Waals surface area contributed by atoms with Gasteiger partial charge >= 0.3 is 0 Å². The standard InChI is InChI=1S/C21H23ClN4/c1-15(2)26(14-17-9-5-4-6-10-17)20-13-16(3)23-21(25-20)24-19-12-8-7-11-18(19)22/h4-13,15H,14H2,1-3H3,(H,23,24,25). The van der Waals surface area contributed by atoms with Gasteiger partial charge in [-0.3, -0.25) is 0 Å². The molecule has 4 nitrogen and oxygen atoms in total. The van der Waals surface area contributed by atoms with E-state index in [0.29, 0.717) is 17.0 Å². The molecule has 0 saturated carbocycles. The Bertz CT molecular complexity index is 865. The number of aromatic nitrogens is 2. The summed E-state index contributed by atoms with van der Waals surface area (Å²) in [5.41, 5.74) is 2.95. The Morgan fingerprint density at radius 1 is 1.00 bits per heavy atom. The third-order valence-electron chi connectivity index (χ3n) is 4.07. The zero-order valence-electron chi connectivity index (χ0n) is 15.3. The highest BCUT2D eigenvalue weighted by molar-refractivity contribution is 6.33. The number of nitrogens with zero attached hydrogens (tertiary/aromatic N) is 3. The monoisotopic (exact) mass is 366 g/mol. The normalized spacial score (nSPS) is 10.8. The van der Waals surface area contributed by atoms with Crippen molar-refractivity contribution in [3.63, 3.8) is 0 Å². The van der Waals surface area contributed by atoms with Crippen molar-refractivity contribution < 1.29 is 0 Å². The van der Waals surface area contributed by atoms with Gasteiger partial charge in [-0.1, -0.05) is 54.1 Å². The van der Waals surface area contributed by atoms with E-state index in [1.54, 1.807) is 0 Å². The molecule has 0 spiro atoms. The summed E-state index contributed by atoms with van der Waals surface area (Å²) in [6.07, 6.45) is 0. The van der Waals surface area contributed by atoms with Gasteiger partial charge in [0.1, 0.15) is 5.82 Å². The van der Waals surface area contributed by atoms with E-state index in [1.807, 2.05) is 43.3 Å².